The molecule has 0 bridgehead atoms. The highest BCUT2D eigenvalue weighted by Gasteiger charge is 2.51. The van der Waals surface area contributed by atoms with Crippen LogP contribution in [0, 0.1) is 5.82 Å². The Morgan fingerprint density at radius 2 is 1.97 bits per heavy atom. The van der Waals surface area contributed by atoms with Gasteiger partial charge in [-0.25, -0.2) is 4.39 Å². The van der Waals surface area contributed by atoms with E-state index in [-0.39, 0.29) is 43.3 Å². The smallest absolute Gasteiger partial charge is 0.247 e. The molecule has 0 saturated carbocycles. The molecule has 2 amide bonds. The van der Waals surface area contributed by atoms with Crippen LogP contribution in [0.4, 0.5) is 4.39 Å². The van der Waals surface area contributed by atoms with Crippen molar-refractivity contribution in [2.75, 3.05) is 20.3 Å². The van der Waals surface area contributed by atoms with Crippen molar-refractivity contribution in [2.24, 2.45) is 0 Å². The van der Waals surface area contributed by atoms with Gasteiger partial charge in [-0.15, -0.1) is 0 Å². The number of nitrogens with zero attached hydrogens (tertiary/aromatic N) is 1. The standard InChI is InChI=1S/C28H31FN2O7/c1-3-4-23(34)31(14-16-5-7-18(29)8-6-16)21-13-20(28(36)30-9-10-32)24-19-11-17(15-33)12-22(37-2)26(19)38-27(24)25(21)35/h5-8,11-13,15,21,24-25,27,32,35H,3-4,9-10,14H2,1-2H3,(H,30,36)/t21-,24+,25+,27+/m1/s1. The minimum Gasteiger partial charge on any atom is -0.493 e. The van der Waals surface area contributed by atoms with Gasteiger partial charge in [0.1, 0.15) is 24.3 Å². The summed E-state index contributed by atoms with van der Waals surface area (Å²) < 4.78 is 25.1. The Labute approximate surface area is 219 Å². The van der Waals surface area contributed by atoms with Crippen molar-refractivity contribution < 1.29 is 38.5 Å². The second-order valence-electron chi connectivity index (χ2n) is 9.30. The first-order valence-corrected chi connectivity index (χ1v) is 12.5. The van der Waals surface area contributed by atoms with E-state index in [1.807, 2.05) is 6.92 Å². The van der Waals surface area contributed by atoms with Gasteiger partial charge in [0.15, 0.2) is 11.5 Å². The number of halogens is 1. The molecule has 2 aromatic rings. The lowest BCUT2D eigenvalue weighted by Crippen LogP contribution is -2.55. The molecule has 1 heterocycles. The molecule has 0 aromatic heterocycles. The molecule has 0 saturated heterocycles. The number of carbonyl (C=O) groups excluding carboxylic acids is 3. The number of fused-ring (bicyclic) bond motifs is 3. The van der Waals surface area contributed by atoms with Crippen molar-refractivity contribution in [3.63, 3.8) is 0 Å². The summed E-state index contributed by atoms with van der Waals surface area (Å²) in [7, 11) is 1.42. The van der Waals surface area contributed by atoms with E-state index in [2.05, 4.69) is 5.32 Å². The van der Waals surface area contributed by atoms with Gasteiger partial charge in [-0.05, 0) is 42.3 Å². The van der Waals surface area contributed by atoms with Gasteiger partial charge >= 0.3 is 0 Å². The monoisotopic (exact) mass is 526 g/mol. The molecule has 0 spiro atoms. The number of carbonyl (C=O) groups is 3. The first-order valence-electron chi connectivity index (χ1n) is 12.5. The first kappa shape index (κ1) is 27.3. The van der Waals surface area contributed by atoms with E-state index in [0.29, 0.717) is 35.1 Å². The zero-order chi connectivity index (χ0) is 27.4. The van der Waals surface area contributed by atoms with Crippen molar-refractivity contribution >= 4 is 18.1 Å². The lowest BCUT2D eigenvalue weighted by molar-refractivity contribution is -0.138. The predicted octanol–water partition coefficient (Wildman–Crippen LogP) is 2.10. The summed E-state index contributed by atoms with van der Waals surface area (Å²) in [6.45, 7) is 1.66. The second kappa shape index (κ2) is 11.7. The number of aldehydes is 1. The van der Waals surface area contributed by atoms with Crippen LogP contribution >= 0.6 is 0 Å². The van der Waals surface area contributed by atoms with E-state index in [9.17, 15) is 29.0 Å². The van der Waals surface area contributed by atoms with Crippen LogP contribution < -0.4 is 14.8 Å². The average Bonchev–Trinajstić information content (AvgIpc) is 3.31. The summed E-state index contributed by atoms with van der Waals surface area (Å²) in [6.07, 6.45) is 0.767. The third-order valence-electron chi connectivity index (χ3n) is 6.82. The number of ether oxygens (including phenoxy) is 2. The van der Waals surface area contributed by atoms with E-state index in [0.717, 1.165) is 0 Å². The van der Waals surface area contributed by atoms with Crippen molar-refractivity contribution in [2.45, 2.75) is 50.5 Å². The van der Waals surface area contributed by atoms with Gasteiger partial charge in [0, 0.05) is 36.2 Å². The van der Waals surface area contributed by atoms with Crippen LogP contribution in [-0.4, -0.2) is 71.7 Å². The van der Waals surface area contributed by atoms with E-state index in [1.54, 1.807) is 24.3 Å². The molecular formula is C28H31FN2O7. The molecule has 9 nitrogen and oxygen atoms in total. The molecule has 4 atom stereocenters. The highest BCUT2D eigenvalue weighted by molar-refractivity contribution is 5.96. The van der Waals surface area contributed by atoms with Crippen molar-refractivity contribution in [3.05, 3.63) is 70.6 Å². The van der Waals surface area contributed by atoms with Crippen molar-refractivity contribution in [1.29, 1.82) is 0 Å². The summed E-state index contributed by atoms with van der Waals surface area (Å²) in [4.78, 5) is 39.7. The van der Waals surface area contributed by atoms with Gasteiger partial charge in [0.05, 0.1) is 25.7 Å². The summed E-state index contributed by atoms with van der Waals surface area (Å²) in [5, 5.41) is 23.5. The summed E-state index contributed by atoms with van der Waals surface area (Å²) >= 11 is 0. The Bertz CT molecular complexity index is 1230. The van der Waals surface area contributed by atoms with Crippen LogP contribution in [0.5, 0.6) is 11.5 Å². The van der Waals surface area contributed by atoms with Crippen LogP contribution in [0.2, 0.25) is 0 Å². The van der Waals surface area contributed by atoms with Crippen LogP contribution in [0.3, 0.4) is 0 Å². The van der Waals surface area contributed by atoms with Crippen LogP contribution in [0.15, 0.2) is 48.0 Å². The molecule has 2 aromatic carbocycles. The molecule has 1 aliphatic carbocycles. The third-order valence-corrected chi connectivity index (χ3v) is 6.82. The first-order chi connectivity index (χ1) is 18.3. The Balaban J connectivity index is 1.81. The molecule has 1 aliphatic heterocycles. The van der Waals surface area contributed by atoms with Gasteiger partial charge in [-0.3, -0.25) is 14.4 Å². The number of amides is 2. The van der Waals surface area contributed by atoms with Gasteiger partial charge in [0.2, 0.25) is 11.8 Å². The fourth-order valence-corrected chi connectivity index (χ4v) is 5.06. The van der Waals surface area contributed by atoms with Crippen molar-refractivity contribution in [3.8, 4) is 11.5 Å². The number of benzene rings is 2. The fraction of sp³-hybridized carbons (Fsp3) is 0.393. The Morgan fingerprint density at radius 3 is 2.61 bits per heavy atom. The highest BCUT2D eigenvalue weighted by Crippen LogP contribution is 2.51. The molecule has 4 rings (SSSR count). The normalized spacial score (nSPS) is 21.4. The predicted molar refractivity (Wildman–Crippen MR) is 135 cm³/mol. The molecule has 202 valence electrons. The fourth-order valence-electron chi connectivity index (χ4n) is 5.06. The number of methoxy groups -OCH3 is 1. The molecule has 2 aliphatic rings. The van der Waals surface area contributed by atoms with Crippen LogP contribution in [0.25, 0.3) is 0 Å². The number of nitrogens with one attached hydrogen (secondary N) is 1. The maximum absolute atomic E-state index is 13.5. The highest BCUT2D eigenvalue weighted by atomic mass is 19.1. The number of rotatable bonds is 10. The maximum atomic E-state index is 13.5. The zero-order valence-electron chi connectivity index (χ0n) is 21.2. The van der Waals surface area contributed by atoms with Gasteiger partial charge in [-0.2, -0.15) is 0 Å². The van der Waals surface area contributed by atoms with E-state index >= 15 is 0 Å². The molecular weight excluding hydrogens is 495 g/mol. The van der Waals surface area contributed by atoms with Gasteiger partial charge < -0.3 is 29.9 Å². The van der Waals surface area contributed by atoms with Gasteiger partial charge in [0.25, 0.3) is 0 Å². The Hall–Kier alpha value is -3.76. The van der Waals surface area contributed by atoms with E-state index < -0.39 is 35.9 Å². The van der Waals surface area contributed by atoms with Crippen LogP contribution in [-0.2, 0) is 16.1 Å². The van der Waals surface area contributed by atoms with E-state index in [1.165, 1.54) is 30.2 Å². The lowest BCUT2D eigenvalue weighted by Gasteiger charge is -2.40. The van der Waals surface area contributed by atoms with Crippen LogP contribution in [0.1, 0.15) is 47.2 Å². The Morgan fingerprint density at radius 1 is 1.24 bits per heavy atom. The molecule has 3 N–H and O–H groups in total. The topological polar surface area (TPSA) is 125 Å². The average molecular weight is 527 g/mol. The number of aliphatic hydroxyl groups is 2. The second-order valence-corrected chi connectivity index (χ2v) is 9.30. The maximum Gasteiger partial charge on any atom is 0.247 e. The SMILES string of the molecule is CCCC(=O)N(Cc1ccc(F)cc1)[C@@H]1C=C(C(=O)NCCO)[C@@H]2c3cc(C=O)cc(OC)c3O[C@@H]2[C@H]1O. The lowest BCUT2D eigenvalue weighted by atomic mass is 9.77. The minimum atomic E-state index is -1.24. The summed E-state index contributed by atoms with van der Waals surface area (Å²) in [6, 6.07) is 7.87. The molecule has 38 heavy (non-hydrogen) atoms. The number of hydrogen-bond donors (Lipinski definition) is 3. The molecule has 10 heteroatoms. The van der Waals surface area contributed by atoms with E-state index in [4.69, 9.17) is 9.47 Å². The molecule has 0 fully saturated rings. The molecule has 0 radical (unpaired) electrons. The quantitative estimate of drug-likeness (QED) is 0.405. The summed E-state index contributed by atoms with van der Waals surface area (Å²) in [5.41, 5.74) is 1.70. The van der Waals surface area contributed by atoms with Crippen molar-refractivity contribution in [1.82, 2.24) is 10.2 Å². The largest absolute Gasteiger partial charge is 0.493 e. The minimum absolute atomic E-state index is 0.000250. The third kappa shape index (κ3) is 5.27. The van der Waals surface area contributed by atoms with Gasteiger partial charge in [-0.1, -0.05) is 19.1 Å². The number of aliphatic hydroxyl groups excluding tert-OH is 2. The molecule has 0 unspecified atom stereocenters. The number of hydrogen-bond acceptors (Lipinski definition) is 7. The summed E-state index contributed by atoms with van der Waals surface area (Å²) in [5.74, 6) is -1.33. The zero-order valence-corrected chi connectivity index (χ0v) is 21.2. The Kier molecular flexibility index (Phi) is 8.43.